The summed E-state index contributed by atoms with van der Waals surface area (Å²) in [5, 5.41) is 17.3. The van der Waals surface area contributed by atoms with E-state index in [1.807, 2.05) is 28.8 Å². The number of imidazole rings is 1. The Labute approximate surface area is 217 Å². The van der Waals surface area contributed by atoms with Gasteiger partial charge in [-0.25, -0.2) is 14.6 Å². The summed E-state index contributed by atoms with van der Waals surface area (Å²) in [7, 11) is 0. The van der Waals surface area contributed by atoms with Crippen LogP contribution in [0.2, 0.25) is 0 Å². The van der Waals surface area contributed by atoms with Crippen LogP contribution in [0.5, 0.6) is 0 Å². The van der Waals surface area contributed by atoms with E-state index >= 15 is 0 Å². The number of nitrogens with zero attached hydrogens (tertiary/aromatic N) is 3. The quantitative estimate of drug-likeness (QED) is 0.471. The highest BCUT2D eigenvalue weighted by Crippen LogP contribution is 2.21. The topological polar surface area (TPSA) is 143 Å². The molecule has 2 fully saturated rings. The van der Waals surface area contributed by atoms with Crippen LogP contribution in [-0.4, -0.2) is 95.9 Å². The zero-order chi connectivity index (χ0) is 29.2. The molecule has 0 bridgehead atoms. The van der Waals surface area contributed by atoms with E-state index in [2.05, 4.69) is 15.2 Å². The molecule has 2 aliphatic rings. The second-order valence-corrected chi connectivity index (χ2v) is 8.19. The molecule has 3 N–H and O–H groups in total. The van der Waals surface area contributed by atoms with Gasteiger partial charge in [0.25, 0.3) is 5.91 Å². The maximum atomic E-state index is 12.7. The van der Waals surface area contributed by atoms with Gasteiger partial charge in [0.2, 0.25) is 5.95 Å². The molecule has 17 heteroatoms. The molecule has 2 saturated heterocycles. The molecule has 0 aromatic carbocycles. The summed E-state index contributed by atoms with van der Waals surface area (Å²) in [5.41, 5.74) is 1.34. The summed E-state index contributed by atoms with van der Waals surface area (Å²) in [6.45, 7) is 5.21. The number of pyridine rings is 1. The number of carbonyl (C=O) groups excluding carboxylic acids is 1. The molecule has 0 atom stereocenters. The second-order valence-electron chi connectivity index (χ2n) is 8.19. The highest BCUT2D eigenvalue weighted by Gasteiger charge is 2.38. The van der Waals surface area contributed by atoms with Crippen molar-refractivity contribution >= 4 is 29.3 Å². The molecule has 0 aliphatic carbocycles. The Morgan fingerprint density at radius 1 is 0.923 bits per heavy atom. The fourth-order valence-electron chi connectivity index (χ4n) is 3.45. The van der Waals surface area contributed by atoms with Crippen LogP contribution < -0.4 is 10.2 Å². The molecular weight excluding hydrogens is 546 g/mol. The van der Waals surface area contributed by atoms with Crippen LogP contribution in [0.4, 0.5) is 32.3 Å². The average molecular weight is 572 g/mol. The Morgan fingerprint density at radius 2 is 1.44 bits per heavy atom. The van der Waals surface area contributed by atoms with Crippen molar-refractivity contribution in [2.75, 3.05) is 51.0 Å². The Bertz CT molecular complexity index is 1090. The van der Waals surface area contributed by atoms with Gasteiger partial charge in [0.1, 0.15) is 0 Å². The Morgan fingerprint density at radius 3 is 1.95 bits per heavy atom. The molecule has 2 aromatic rings. The van der Waals surface area contributed by atoms with Gasteiger partial charge in [-0.2, -0.15) is 26.3 Å². The number of hydrogen-bond donors (Lipinski definition) is 3. The number of anilines is 1. The highest BCUT2D eigenvalue weighted by atomic mass is 19.4. The molecule has 0 unspecified atom stereocenters. The number of carboxylic acid groups (broad SMARTS) is 2. The molecule has 2 aliphatic heterocycles. The van der Waals surface area contributed by atoms with Crippen LogP contribution in [-0.2, 0) is 19.1 Å². The van der Waals surface area contributed by atoms with E-state index in [0.717, 1.165) is 50.6 Å². The van der Waals surface area contributed by atoms with Gasteiger partial charge in [-0.3, -0.25) is 9.20 Å². The summed E-state index contributed by atoms with van der Waals surface area (Å²) in [6, 6.07) is 5.85. The van der Waals surface area contributed by atoms with E-state index < -0.39 is 24.3 Å². The van der Waals surface area contributed by atoms with Crippen molar-refractivity contribution in [1.29, 1.82) is 0 Å². The minimum atomic E-state index is -5.08. The maximum absolute atomic E-state index is 12.7. The lowest BCUT2D eigenvalue weighted by molar-refractivity contribution is -0.193. The zero-order valence-corrected chi connectivity index (χ0v) is 20.3. The largest absolute Gasteiger partial charge is 0.490 e. The first kappa shape index (κ1) is 31.6. The van der Waals surface area contributed by atoms with Gasteiger partial charge in [0.15, 0.2) is 5.69 Å². The number of hydrogen-bond acceptors (Lipinski definition) is 7. The Balaban J connectivity index is 0.000000317. The summed E-state index contributed by atoms with van der Waals surface area (Å²) < 4.78 is 76.3. The number of aliphatic carboxylic acids is 2. The zero-order valence-electron chi connectivity index (χ0n) is 20.3. The lowest BCUT2D eigenvalue weighted by atomic mass is 10.0. The molecular formula is C22H26F6N4O7. The number of rotatable bonds is 4. The van der Waals surface area contributed by atoms with Gasteiger partial charge in [0.05, 0.1) is 18.7 Å². The first-order valence-electron chi connectivity index (χ1n) is 11.5. The van der Waals surface area contributed by atoms with Crippen molar-refractivity contribution in [1.82, 2.24) is 14.7 Å². The third-order valence-electron chi connectivity index (χ3n) is 5.42. The number of alkyl halides is 6. The fraction of sp³-hybridized carbons (Fsp3) is 0.545. The van der Waals surface area contributed by atoms with Crippen molar-refractivity contribution in [2.45, 2.75) is 25.2 Å². The van der Waals surface area contributed by atoms with E-state index in [1.54, 1.807) is 0 Å². The predicted molar refractivity (Wildman–Crippen MR) is 121 cm³/mol. The molecule has 4 heterocycles. The molecule has 0 radical (unpaired) electrons. The lowest BCUT2D eigenvalue weighted by Crippen LogP contribution is -2.37. The van der Waals surface area contributed by atoms with Crippen molar-refractivity contribution < 1.29 is 60.4 Å². The first-order valence-corrected chi connectivity index (χ1v) is 11.5. The number of carbonyl (C=O) groups is 3. The third kappa shape index (κ3) is 9.90. The summed E-state index contributed by atoms with van der Waals surface area (Å²) in [5.74, 6) is -4.31. The van der Waals surface area contributed by atoms with Crippen LogP contribution >= 0.6 is 0 Å². The van der Waals surface area contributed by atoms with Gasteiger partial charge in [0, 0.05) is 39.0 Å². The Kier molecular flexibility index (Phi) is 11.3. The number of amides is 1. The molecule has 0 spiro atoms. The first-order chi connectivity index (χ1) is 18.2. The molecule has 218 valence electrons. The average Bonchev–Trinajstić information content (AvgIpc) is 3.28. The number of aromatic nitrogens is 2. The number of fused-ring (bicyclic) bond motifs is 1. The molecule has 11 nitrogen and oxygen atoms in total. The SMILES string of the molecule is O=C(NCC1CCOCC1)c1nc(N2CCOCC2)n2ccccc12.O=C(O)C(F)(F)F.O=C(O)C(F)(F)F. The van der Waals surface area contributed by atoms with Gasteiger partial charge in [-0.15, -0.1) is 0 Å². The summed E-state index contributed by atoms with van der Waals surface area (Å²) in [4.78, 5) is 37.4. The summed E-state index contributed by atoms with van der Waals surface area (Å²) >= 11 is 0. The van der Waals surface area contributed by atoms with Crippen LogP contribution in [0.1, 0.15) is 23.3 Å². The maximum Gasteiger partial charge on any atom is 0.490 e. The van der Waals surface area contributed by atoms with Gasteiger partial charge < -0.3 is 29.9 Å². The number of morpholine rings is 1. The van der Waals surface area contributed by atoms with Gasteiger partial charge in [-0.1, -0.05) is 6.07 Å². The number of ether oxygens (including phenoxy) is 2. The molecule has 2 aromatic heterocycles. The monoisotopic (exact) mass is 572 g/mol. The number of halogens is 6. The van der Waals surface area contributed by atoms with Gasteiger partial charge in [-0.05, 0) is 30.9 Å². The minimum Gasteiger partial charge on any atom is -0.475 e. The normalized spacial score (nSPS) is 16.4. The van der Waals surface area contributed by atoms with Crippen LogP contribution in [0.15, 0.2) is 24.4 Å². The number of carboxylic acids is 2. The van der Waals surface area contributed by atoms with E-state index in [1.165, 1.54) is 0 Å². The molecule has 4 rings (SSSR count). The van der Waals surface area contributed by atoms with Crippen molar-refractivity contribution in [3.63, 3.8) is 0 Å². The molecule has 0 saturated carbocycles. The van der Waals surface area contributed by atoms with Crippen LogP contribution in [0.3, 0.4) is 0 Å². The van der Waals surface area contributed by atoms with Crippen LogP contribution in [0.25, 0.3) is 5.52 Å². The fourth-order valence-corrected chi connectivity index (χ4v) is 3.45. The highest BCUT2D eigenvalue weighted by molar-refractivity contribution is 5.99. The molecule has 1 amide bonds. The third-order valence-corrected chi connectivity index (χ3v) is 5.42. The molecule has 39 heavy (non-hydrogen) atoms. The van der Waals surface area contributed by atoms with Gasteiger partial charge >= 0.3 is 24.3 Å². The van der Waals surface area contributed by atoms with Crippen LogP contribution in [0, 0.1) is 5.92 Å². The van der Waals surface area contributed by atoms with E-state index in [9.17, 15) is 31.1 Å². The van der Waals surface area contributed by atoms with Crippen molar-refractivity contribution in [2.24, 2.45) is 5.92 Å². The van der Waals surface area contributed by atoms with Crippen molar-refractivity contribution in [3.8, 4) is 0 Å². The lowest BCUT2D eigenvalue weighted by Gasteiger charge is -2.27. The predicted octanol–water partition coefficient (Wildman–Crippen LogP) is 2.59. The van der Waals surface area contributed by atoms with Crippen molar-refractivity contribution in [3.05, 3.63) is 30.1 Å². The summed E-state index contributed by atoms with van der Waals surface area (Å²) in [6.07, 6.45) is -6.20. The second kappa shape index (κ2) is 14.0. The Hall–Kier alpha value is -3.60. The number of nitrogens with one attached hydrogen (secondary N) is 1. The standard InChI is InChI=1S/C18H24N4O3.2C2HF3O2/c23-17(19-13-14-4-9-24-10-5-14)16-15-3-1-2-6-22(15)18(20-16)21-7-11-25-12-8-21;2*3-2(4,5)1(6)7/h1-3,6,14H,4-5,7-13H2,(H,19,23);2*(H,6,7). The smallest absolute Gasteiger partial charge is 0.475 e. The minimum absolute atomic E-state index is 0.102. The van der Waals surface area contributed by atoms with E-state index in [4.69, 9.17) is 29.3 Å². The van der Waals surface area contributed by atoms with E-state index in [0.29, 0.717) is 31.4 Å². The van der Waals surface area contributed by atoms with E-state index in [-0.39, 0.29) is 5.91 Å².